The second-order valence-corrected chi connectivity index (χ2v) is 5.55. The maximum Gasteiger partial charge on any atom is 0.327 e. The number of carbonyl (C=O) groups excluding carboxylic acids is 1. The summed E-state index contributed by atoms with van der Waals surface area (Å²) in [4.78, 5) is 23.1. The molecule has 106 valence electrons. The van der Waals surface area contributed by atoms with Crippen LogP contribution in [0.2, 0.25) is 0 Å². The maximum absolute atomic E-state index is 11.9. The van der Waals surface area contributed by atoms with Crippen molar-refractivity contribution in [3.8, 4) is 0 Å². The lowest BCUT2D eigenvalue weighted by Crippen LogP contribution is -2.40. The number of methoxy groups -OCH3 is 1. The van der Waals surface area contributed by atoms with Crippen molar-refractivity contribution in [1.82, 2.24) is 9.78 Å². The lowest BCUT2D eigenvalue weighted by Gasteiger charge is -2.20. The van der Waals surface area contributed by atoms with Crippen LogP contribution in [0.3, 0.4) is 0 Å². The van der Waals surface area contributed by atoms with Gasteiger partial charge in [-0.15, -0.1) is 0 Å². The summed E-state index contributed by atoms with van der Waals surface area (Å²) < 4.78 is 5.81. The first-order valence-corrected chi connectivity index (χ1v) is 6.39. The summed E-state index contributed by atoms with van der Waals surface area (Å²) in [5.41, 5.74) is 5.55. The van der Waals surface area contributed by atoms with E-state index in [2.05, 4.69) is 31.1 Å². The van der Waals surface area contributed by atoms with Crippen molar-refractivity contribution in [2.75, 3.05) is 19.0 Å². The molecule has 0 saturated heterocycles. The number of nitrogens with one attached hydrogen (secondary N) is 1. The Balaban J connectivity index is 2.92. The molecular formula is C11H17BrN4O3. The SMILES string of the molecule is COC(=O)Cn1ncc(NCC(C)(C)N)c(Br)c1=O. The van der Waals surface area contributed by atoms with Gasteiger partial charge in [-0.1, -0.05) is 0 Å². The fraction of sp³-hybridized carbons (Fsp3) is 0.545. The Morgan fingerprint density at radius 2 is 2.26 bits per heavy atom. The predicted octanol–water partition coefficient (Wildman–Crippen LogP) is 0.328. The van der Waals surface area contributed by atoms with E-state index in [1.54, 1.807) is 0 Å². The number of nitrogens with two attached hydrogens (primary N) is 1. The average molecular weight is 333 g/mol. The number of rotatable bonds is 5. The van der Waals surface area contributed by atoms with Gasteiger partial charge in [0.25, 0.3) is 5.56 Å². The van der Waals surface area contributed by atoms with Crippen LogP contribution in [0.1, 0.15) is 13.8 Å². The molecular weight excluding hydrogens is 316 g/mol. The highest BCUT2D eigenvalue weighted by Gasteiger charge is 2.14. The van der Waals surface area contributed by atoms with Crippen molar-refractivity contribution in [3.05, 3.63) is 21.0 Å². The van der Waals surface area contributed by atoms with E-state index in [1.165, 1.54) is 13.3 Å². The summed E-state index contributed by atoms with van der Waals surface area (Å²) >= 11 is 3.18. The Morgan fingerprint density at radius 3 is 2.79 bits per heavy atom. The van der Waals surface area contributed by atoms with Gasteiger partial charge in [0.15, 0.2) is 0 Å². The van der Waals surface area contributed by atoms with E-state index >= 15 is 0 Å². The Bertz CT molecular complexity index is 522. The first-order chi connectivity index (χ1) is 8.74. The minimum Gasteiger partial charge on any atom is -0.468 e. The van der Waals surface area contributed by atoms with Crippen molar-refractivity contribution < 1.29 is 9.53 Å². The highest BCUT2D eigenvalue weighted by molar-refractivity contribution is 9.10. The quantitative estimate of drug-likeness (QED) is 0.754. The number of nitrogens with zero attached hydrogens (tertiary/aromatic N) is 2. The van der Waals surface area contributed by atoms with Gasteiger partial charge in [0.05, 0.1) is 19.0 Å². The summed E-state index contributed by atoms with van der Waals surface area (Å²) in [6, 6.07) is 0. The number of ether oxygens (including phenoxy) is 1. The molecule has 19 heavy (non-hydrogen) atoms. The zero-order valence-electron chi connectivity index (χ0n) is 11.1. The van der Waals surface area contributed by atoms with Crippen molar-refractivity contribution in [2.45, 2.75) is 25.9 Å². The fourth-order valence-electron chi connectivity index (χ4n) is 1.21. The number of esters is 1. The molecule has 0 bridgehead atoms. The van der Waals surface area contributed by atoms with Crippen LogP contribution < -0.4 is 16.6 Å². The molecule has 0 unspecified atom stereocenters. The molecule has 0 atom stereocenters. The number of aromatic nitrogens is 2. The zero-order valence-corrected chi connectivity index (χ0v) is 12.7. The summed E-state index contributed by atoms with van der Waals surface area (Å²) in [6.07, 6.45) is 1.46. The van der Waals surface area contributed by atoms with Crippen molar-refractivity contribution in [2.24, 2.45) is 5.73 Å². The molecule has 0 fully saturated rings. The first kappa shape index (κ1) is 15.6. The van der Waals surface area contributed by atoms with Gasteiger partial charge in [0.2, 0.25) is 0 Å². The molecule has 1 heterocycles. The van der Waals surface area contributed by atoms with Crippen LogP contribution in [0.4, 0.5) is 5.69 Å². The van der Waals surface area contributed by atoms with E-state index < -0.39 is 17.1 Å². The molecule has 7 nitrogen and oxygen atoms in total. The van der Waals surface area contributed by atoms with Crippen LogP contribution >= 0.6 is 15.9 Å². The van der Waals surface area contributed by atoms with Crippen LogP contribution in [-0.4, -0.2) is 34.9 Å². The predicted molar refractivity (Wildman–Crippen MR) is 75.0 cm³/mol. The van der Waals surface area contributed by atoms with Gasteiger partial charge in [0, 0.05) is 12.1 Å². The Morgan fingerprint density at radius 1 is 1.63 bits per heavy atom. The highest BCUT2D eigenvalue weighted by Crippen LogP contribution is 2.16. The van der Waals surface area contributed by atoms with Crippen LogP contribution in [0.5, 0.6) is 0 Å². The normalized spacial score (nSPS) is 11.2. The number of anilines is 1. The van der Waals surface area contributed by atoms with Gasteiger partial charge in [-0.25, -0.2) is 4.68 Å². The Kier molecular flexibility index (Phi) is 5.07. The molecule has 3 N–H and O–H groups in total. The minimum absolute atomic E-state index is 0.226. The van der Waals surface area contributed by atoms with E-state index in [1.807, 2.05) is 13.8 Å². The van der Waals surface area contributed by atoms with E-state index in [4.69, 9.17) is 5.73 Å². The number of hydrogen-bond donors (Lipinski definition) is 2. The smallest absolute Gasteiger partial charge is 0.327 e. The first-order valence-electron chi connectivity index (χ1n) is 5.60. The zero-order chi connectivity index (χ0) is 14.6. The fourth-order valence-corrected chi connectivity index (χ4v) is 1.66. The summed E-state index contributed by atoms with van der Waals surface area (Å²) in [5.74, 6) is -0.537. The van der Waals surface area contributed by atoms with E-state index in [0.29, 0.717) is 16.7 Å². The molecule has 0 aliphatic carbocycles. The number of hydrogen-bond acceptors (Lipinski definition) is 6. The third-order valence-corrected chi connectivity index (χ3v) is 2.99. The van der Waals surface area contributed by atoms with E-state index in [0.717, 1.165) is 4.68 Å². The molecule has 0 amide bonds. The highest BCUT2D eigenvalue weighted by atomic mass is 79.9. The molecule has 1 aromatic rings. The topological polar surface area (TPSA) is 99.2 Å². The van der Waals surface area contributed by atoms with Crippen molar-refractivity contribution in [1.29, 1.82) is 0 Å². The van der Waals surface area contributed by atoms with Crippen LogP contribution in [-0.2, 0) is 16.1 Å². The monoisotopic (exact) mass is 332 g/mol. The Labute approximate surface area is 119 Å². The average Bonchev–Trinajstić information content (AvgIpc) is 2.32. The van der Waals surface area contributed by atoms with Crippen LogP contribution in [0.25, 0.3) is 0 Å². The third kappa shape index (κ3) is 4.64. The van der Waals surface area contributed by atoms with E-state index in [-0.39, 0.29) is 6.54 Å². The minimum atomic E-state index is -0.537. The summed E-state index contributed by atoms with van der Waals surface area (Å²) in [6.45, 7) is 3.98. The number of carbonyl (C=O) groups is 1. The molecule has 0 spiro atoms. The molecule has 0 aromatic carbocycles. The molecule has 8 heteroatoms. The summed E-state index contributed by atoms with van der Waals surface area (Å²) in [5, 5.41) is 6.92. The van der Waals surface area contributed by atoms with Gasteiger partial charge in [0.1, 0.15) is 11.0 Å². The van der Waals surface area contributed by atoms with Gasteiger partial charge in [-0.2, -0.15) is 5.10 Å². The Hall–Kier alpha value is -1.41. The van der Waals surface area contributed by atoms with E-state index in [9.17, 15) is 9.59 Å². The van der Waals surface area contributed by atoms with Crippen LogP contribution in [0, 0.1) is 0 Å². The lowest BCUT2D eigenvalue weighted by atomic mass is 10.1. The summed E-state index contributed by atoms with van der Waals surface area (Å²) in [7, 11) is 1.25. The van der Waals surface area contributed by atoms with Crippen molar-refractivity contribution in [3.63, 3.8) is 0 Å². The van der Waals surface area contributed by atoms with Gasteiger partial charge < -0.3 is 15.8 Å². The molecule has 0 aliphatic heterocycles. The number of halogens is 1. The van der Waals surface area contributed by atoms with Gasteiger partial charge >= 0.3 is 5.97 Å². The third-order valence-electron chi connectivity index (χ3n) is 2.23. The standard InChI is InChI=1S/C11H17BrN4O3/c1-11(2,13)6-14-7-4-15-16(5-8(17)19-3)10(18)9(7)12/h4,14H,5-6,13H2,1-3H3. The largest absolute Gasteiger partial charge is 0.468 e. The van der Waals surface area contributed by atoms with Gasteiger partial charge in [-0.05, 0) is 29.8 Å². The molecule has 0 saturated carbocycles. The second kappa shape index (κ2) is 6.16. The molecule has 1 rings (SSSR count). The lowest BCUT2D eigenvalue weighted by molar-refractivity contribution is -0.141. The maximum atomic E-state index is 11.9. The van der Waals surface area contributed by atoms with Gasteiger partial charge in [-0.3, -0.25) is 9.59 Å². The molecule has 0 radical (unpaired) electrons. The van der Waals surface area contributed by atoms with Crippen molar-refractivity contribution >= 4 is 27.6 Å². The molecule has 1 aromatic heterocycles. The molecule has 0 aliphatic rings. The second-order valence-electron chi connectivity index (χ2n) is 4.75. The van der Waals surface area contributed by atoms with Crippen LogP contribution in [0.15, 0.2) is 15.5 Å².